The number of hydrogen-bond donors (Lipinski definition) is 2. The van der Waals surface area contributed by atoms with E-state index in [2.05, 4.69) is 26.6 Å². The number of nitrogens with zero attached hydrogens (tertiary/aromatic N) is 2. The Morgan fingerprint density at radius 1 is 1.32 bits per heavy atom. The fraction of sp³-hybridized carbons (Fsp3) is 0.412. The number of carbonyl (C=O) groups is 1. The molecule has 0 radical (unpaired) electrons. The molecule has 2 N–H and O–H groups in total. The maximum Gasteiger partial charge on any atom is 0.251 e. The van der Waals surface area contributed by atoms with E-state index in [0.717, 1.165) is 24.7 Å². The van der Waals surface area contributed by atoms with Gasteiger partial charge in [0.1, 0.15) is 0 Å². The number of carbonyl (C=O) groups excluding carboxylic acids is 1. The quantitative estimate of drug-likeness (QED) is 0.862. The number of aromatic nitrogens is 2. The Labute approximate surface area is 130 Å². The van der Waals surface area contributed by atoms with Crippen LogP contribution in [-0.4, -0.2) is 22.7 Å². The van der Waals surface area contributed by atoms with Gasteiger partial charge in [-0.05, 0) is 43.0 Å². The van der Waals surface area contributed by atoms with Crippen molar-refractivity contribution < 1.29 is 4.79 Å². The number of hydrogen-bond acceptors (Lipinski definition) is 3. The van der Waals surface area contributed by atoms with E-state index in [-0.39, 0.29) is 5.91 Å². The summed E-state index contributed by atoms with van der Waals surface area (Å²) < 4.78 is 2.05. The van der Waals surface area contributed by atoms with E-state index in [1.807, 2.05) is 30.5 Å². The standard InChI is InChI=1S/C17H22N4O/c1-18-17(22)15-5-7-16(8-6-15)19-9-14-10-20-21(12-14)11-13-3-2-4-13/h5-8,10,12-13,19H,2-4,9,11H2,1H3,(H,18,22). The van der Waals surface area contributed by atoms with Gasteiger partial charge in [0.2, 0.25) is 0 Å². The summed E-state index contributed by atoms with van der Waals surface area (Å²) in [7, 11) is 1.63. The Kier molecular flexibility index (Phi) is 4.42. The normalized spacial score (nSPS) is 14.4. The zero-order valence-corrected chi connectivity index (χ0v) is 12.9. The highest BCUT2D eigenvalue weighted by molar-refractivity contribution is 5.94. The number of amides is 1. The fourth-order valence-electron chi connectivity index (χ4n) is 2.63. The van der Waals surface area contributed by atoms with E-state index in [9.17, 15) is 4.79 Å². The molecule has 22 heavy (non-hydrogen) atoms. The average molecular weight is 298 g/mol. The molecule has 5 nitrogen and oxygen atoms in total. The van der Waals surface area contributed by atoms with Crippen LogP contribution in [0.25, 0.3) is 0 Å². The molecule has 1 amide bonds. The molecule has 3 rings (SSSR count). The summed E-state index contributed by atoms with van der Waals surface area (Å²) in [6.45, 7) is 1.78. The molecule has 0 saturated heterocycles. The van der Waals surface area contributed by atoms with Gasteiger partial charge in [0.15, 0.2) is 0 Å². The first-order valence-corrected chi connectivity index (χ1v) is 7.82. The lowest BCUT2D eigenvalue weighted by atomic mass is 9.85. The van der Waals surface area contributed by atoms with E-state index in [1.165, 1.54) is 24.8 Å². The van der Waals surface area contributed by atoms with Crippen molar-refractivity contribution in [3.63, 3.8) is 0 Å². The fourth-order valence-corrected chi connectivity index (χ4v) is 2.63. The third-order valence-corrected chi connectivity index (χ3v) is 4.23. The molecule has 2 aromatic rings. The summed E-state index contributed by atoms with van der Waals surface area (Å²) in [6.07, 6.45) is 8.08. The Morgan fingerprint density at radius 3 is 2.73 bits per heavy atom. The molecule has 0 aliphatic heterocycles. The third-order valence-electron chi connectivity index (χ3n) is 4.23. The Bertz CT molecular complexity index is 628. The van der Waals surface area contributed by atoms with Crippen molar-refractivity contribution in [3.8, 4) is 0 Å². The van der Waals surface area contributed by atoms with Crippen molar-refractivity contribution in [3.05, 3.63) is 47.8 Å². The molecule has 0 unspecified atom stereocenters. The highest BCUT2D eigenvalue weighted by Crippen LogP contribution is 2.27. The second-order valence-electron chi connectivity index (χ2n) is 5.88. The number of anilines is 1. The summed E-state index contributed by atoms with van der Waals surface area (Å²) in [5.74, 6) is 0.752. The van der Waals surface area contributed by atoms with Crippen LogP contribution in [0.5, 0.6) is 0 Å². The Hall–Kier alpha value is -2.30. The van der Waals surface area contributed by atoms with Crippen molar-refractivity contribution in [2.45, 2.75) is 32.4 Å². The first kappa shape index (κ1) is 14.6. The number of benzene rings is 1. The largest absolute Gasteiger partial charge is 0.381 e. The molecular formula is C17H22N4O. The van der Waals surface area contributed by atoms with Crippen LogP contribution < -0.4 is 10.6 Å². The van der Waals surface area contributed by atoms with E-state index in [1.54, 1.807) is 7.05 Å². The topological polar surface area (TPSA) is 59.0 Å². The van der Waals surface area contributed by atoms with Crippen LogP contribution >= 0.6 is 0 Å². The van der Waals surface area contributed by atoms with Crippen LogP contribution in [0.1, 0.15) is 35.2 Å². The van der Waals surface area contributed by atoms with Gasteiger partial charge < -0.3 is 10.6 Å². The minimum absolute atomic E-state index is 0.0659. The molecule has 1 aliphatic carbocycles. The van der Waals surface area contributed by atoms with Gasteiger partial charge in [0.05, 0.1) is 6.20 Å². The molecular weight excluding hydrogens is 276 g/mol. The Balaban J connectivity index is 1.52. The summed E-state index contributed by atoms with van der Waals surface area (Å²) in [5, 5.41) is 10.4. The molecule has 1 fully saturated rings. The second-order valence-corrected chi connectivity index (χ2v) is 5.88. The molecule has 1 aromatic heterocycles. The van der Waals surface area contributed by atoms with Gasteiger partial charge in [-0.25, -0.2) is 0 Å². The van der Waals surface area contributed by atoms with Crippen LogP contribution in [0.2, 0.25) is 0 Å². The van der Waals surface area contributed by atoms with Gasteiger partial charge in [-0.3, -0.25) is 9.48 Å². The number of nitrogens with one attached hydrogen (secondary N) is 2. The van der Waals surface area contributed by atoms with Crippen LogP contribution in [0, 0.1) is 5.92 Å². The van der Waals surface area contributed by atoms with E-state index in [4.69, 9.17) is 0 Å². The molecule has 0 bridgehead atoms. The van der Waals surface area contributed by atoms with Crippen LogP contribution in [-0.2, 0) is 13.1 Å². The van der Waals surface area contributed by atoms with Crippen molar-refractivity contribution in [1.29, 1.82) is 0 Å². The molecule has 5 heteroatoms. The van der Waals surface area contributed by atoms with Gasteiger partial charge in [-0.15, -0.1) is 0 Å². The summed E-state index contributed by atoms with van der Waals surface area (Å²) in [5.41, 5.74) is 2.84. The van der Waals surface area contributed by atoms with Crippen molar-refractivity contribution >= 4 is 11.6 Å². The average Bonchev–Trinajstić information content (AvgIpc) is 2.96. The molecule has 1 saturated carbocycles. The highest BCUT2D eigenvalue weighted by atomic mass is 16.1. The van der Waals surface area contributed by atoms with Gasteiger partial charge in [-0.2, -0.15) is 5.10 Å². The number of rotatable bonds is 6. The van der Waals surface area contributed by atoms with Gasteiger partial charge in [-0.1, -0.05) is 6.42 Å². The summed E-state index contributed by atoms with van der Waals surface area (Å²) in [6, 6.07) is 7.48. The minimum Gasteiger partial charge on any atom is -0.381 e. The highest BCUT2D eigenvalue weighted by Gasteiger charge is 2.17. The van der Waals surface area contributed by atoms with Crippen LogP contribution in [0.15, 0.2) is 36.7 Å². The lowest BCUT2D eigenvalue weighted by Gasteiger charge is -2.24. The summed E-state index contributed by atoms with van der Waals surface area (Å²) >= 11 is 0. The monoisotopic (exact) mass is 298 g/mol. The Morgan fingerprint density at radius 2 is 2.09 bits per heavy atom. The zero-order valence-electron chi connectivity index (χ0n) is 12.9. The molecule has 0 atom stereocenters. The molecule has 116 valence electrons. The molecule has 1 aliphatic rings. The van der Waals surface area contributed by atoms with Crippen molar-refractivity contribution in [2.75, 3.05) is 12.4 Å². The smallest absolute Gasteiger partial charge is 0.251 e. The zero-order chi connectivity index (χ0) is 15.4. The third kappa shape index (κ3) is 3.47. The van der Waals surface area contributed by atoms with E-state index >= 15 is 0 Å². The van der Waals surface area contributed by atoms with Gasteiger partial charge in [0, 0.05) is 43.1 Å². The molecule has 0 spiro atoms. The van der Waals surface area contributed by atoms with E-state index < -0.39 is 0 Å². The SMILES string of the molecule is CNC(=O)c1ccc(NCc2cnn(CC3CCC3)c2)cc1. The minimum atomic E-state index is -0.0659. The van der Waals surface area contributed by atoms with Gasteiger partial charge in [0.25, 0.3) is 5.91 Å². The summed E-state index contributed by atoms with van der Waals surface area (Å²) in [4.78, 5) is 11.5. The first-order valence-electron chi connectivity index (χ1n) is 7.82. The first-order chi connectivity index (χ1) is 10.7. The van der Waals surface area contributed by atoms with Crippen molar-refractivity contribution in [1.82, 2.24) is 15.1 Å². The molecule has 1 aromatic carbocycles. The van der Waals surface area contributed by atoms with E-state index in [0.29, 0.717) is 5.56 Å². The lowest BCUT2D eigenvalue weighted by Crippen LogP contribution is -2.18. The van der Waals surface area contributed by atoms with Gasteiger partial charge >= 0.3 is 0 Å². The predicted octanol–water partition coefficient (Wildman–Crippen LogP) is 2.65. The maximum absolute atomic E-state index is 11.5. The van der Waals surface area contributed by atoms with Crippen LogP contribution in [0.4, 0.5) is 5.69 Å². The molecule has 1 heterocycles. The van der Waals surface area contributed by atoms with Crippen molar-refractivity contribution in [2.24, 2.45) is 5.92 Å². The lowest BCUT2D eigenvalue weighted by molar-refractivity contribution is 0.0963. The second kappa shape index (κ2) is 6.64. The predicted molar refractivity (Wildman–Crippen MR) is 86.7 cm³/mol. The maximum atomic E-state index is 11.5. The van der Waals surface area contributed by atoms with Crippen LogP contribution in [0.3, 0.4) is 0 Å².